The van der Waals surface area contributed by atoms with Crippen LogP contribution in [-0.4, -0.2) is 13.1 Å². The minimum Gasteiger partial charge on any atom is -0.397 e. The summed E-state index contributed by atoms with van der Waals surface area (Å²) >= 11 is 0. The molecule has 0 aliphatic rings. The smallest absolute Gasteiger partial charge is 0.0600 e. The van der Waals surface area contributed by atoms with Crippen LogP contribution in [0.2, 0.25) is 0 Å². The van der Waals surface area contributed by atoms with Crippen LogP contribution < -0.4 is 10.6 Å². The number of nitrogens with zero attached hydrogens (tertiary/aromatic N) is 1. The third kappa shape index (κ3) is 2.48. The number of nitrogen functional groups attached to an aromatic ring is 1. The Morgan fingerprint density at radius 3 is 2.11 bits per heavy atom. The Labute approximate surface area is 109 Å². The summed E-state index contributed by atoms with van der Waals surface area (Å²) in [5.74, 6) is 0. The molecule has 2 heteroatoms. The second kappa shape index (κ2) is 5.58. The molecule has 0 aliphatic carbocycles. The molecule has 0 spiro atoms. The van der Waals surface area contributed by atoms with E-state index in [1.807, 2.05) is 18.2 Å². The molecule has 0 heterocycles. The molecule has 0 saturated heterocycles. The monoisotopic (exact) mass is 240 g/mol. The number of anilines is 2. The highest BCUT2D eigenvalue weighted by Crippen LogP contribution is 2.29. The fraction of sp³-hybridized carbons (Fsp3) is 0.250. The van der Waals surface area contributed by atoms with Gasteiger partial charge in [-0.25, -0.2) is 0 Å². The molecule has 2 aromatic rings. The van der Waals surface area contributed by atoms with Gasteiger partial charge in [-0.2, -0.15) is 0 Å². The molecule has 0 aliphatic heterocycles. The third-order valence-corrected chi connectivity index (χ3v) is 3.24. The Balaban J connectivity index is 2.36. The zero-order chi connectivity index (χ0) is 13.0. The Morgan fingerprint density at radius 1 is 0.889 bits per heavy atom. The van der Waals surface area contributed by atoms with Crippen molar-refractivity contribution in [3.05, 3.63) is 48.5 Å². The quantitative estimate of drug-likeness (QED) is 0.824. The molecule has 0 amide bonds. The molecular formula is C16H20N2. The lowest BCUT2D eigenvalue weighted by atomic mass is 10.0. The van der Waals surface area contributed by atoms with Crippen LogP contribution in [0.3, 0.4) is 0 Å². The first kappa shape index (κ1) is 12.5. The molecule has 2 aromatic carbocycles. The van der Waals surface area contributed by atoms with Crippen molar-refractivity contribution >= 4 is 11.4 Å². The van der Waals surface area contributed by atoms with Crippen molar-refractivity contribution in [1.29, 1.82) is 0 Å². The Bertz CT molecular complexity index is 502. The molecular weight excluding hydrogens is 220 g/mol. The summed E-state index contributed by atoms with van der Waals surface area (Å²) in [5.41, 5.74) is 10.5. The normalized spacial score (nSPS) is 10.3. The minimum absolute atomic E-state index is 0.847. The maximum Gasteiger partial charge on any atom is 0.0600 e. The highest BCUT2D eigenvalue weighted by atomic mass is 15.1. The predicted octanol–water partition coefficient (Wildman–Crippen LogP) is 3.78. The third-order valence-electron chi connectivity index (χ3n) is 3.24. The van der Waals surface area contributed by atoms with Gasteiger partial charge < -0.3 is 10.6 Å². The molecule has 2 rings (SSSR count). The summed E-state index contributed by atoms with van der Waals surface area (Å²) in [7, 11) is 0. The number of benzene rings is 2. The van der Waals surface area contributed by atoms with Crippen LogP contribution in [0.5, 0.6) is 0 Å². The van der Waals surface area contributed by atoms with Gasteiger partial charge >= 0.3 is 0 Å². The lowest BCUT2D eigenvalue weighted by Crippen LogP contribution is -2.22. The summed E-state index contributed by atoms with van der Waals surface area (Å²) in [4.78, 5) is 2.27. The van der Waals surface area contributed by atoms with Gasteiger partial charge in [-0.3, -0.25) is 0 Å². The van der Waals surface area contributed by atoms with Gasteiger partial charge in [-0.1, -0.05) is 36.4 Å². The first-order valence-electron chi connectivity index (χ1n) is 6.46. The zero-order valence-corrected chi connectivity index (χ0v) is 11.1. The topological polar surface area (TPSA) is 29.3 Å². The maximum absolute atomic E-state index is 6.17. The van der Waals surface area contributed by atoms with Gasteiger partial charge in [0.2, 0.25) is 0 Å². The van der Waals surface area contributed by atoms with E-state index < -0.39 is 0 Å². The van der Waals surface area contributed by atoms with Gasteiger partial charge in [0.05, 0.1) is 11.4 Å². The van der Waals surface area contributed by atoms with E-state index in [4.69, 9.17) is 5.73 Å². The molecule has 0 atom stereocenters. The number of hydrogen-bond acceptors (Lipinski definition) is 2. The van der Waals surface area contributed by atoms with Gasteiger partial charge in [-0.15, -0.1) is 0 Å². The van der Waals surface area contributed by atoms with E-state index in [9.17, 15) is 0 Å². The van der Waals surface area contributed by atoms with Crippen molar-refractivity contribution in [2.45, 2.75) is 13.8 Å². The number of hydrogen-bond donors (Lipinski definition) is 1. The van der Waals surface area contributed by atoms with Crippen LogP contribution in [0, 0.1) is 0 Å². The van der Waals surface area contributed by atoms with Gasteiger partial charge in [-0.05, 0) is 37.1 Å². The van der Waals surface area contributed by atoms with E-state index in [1.165, 1.54) is 11.1 Å². The van der Waals surface area contributed by atoms with Crippen molar-refractivity contribution in [1.82, 2.24) is 0 Å². The molecule has 94 valence electrons. The highest BCUT2D eigenvalue weighted by molar-refractivity contribution is 5.76. The van der Waals surface area contributed by atoms with Crippen LogP contribution >= 0.6 is 0 Å². The van der Waals surface area contributed by atoms with Gasteiger partial charge in [0, 0.05) is 13.1 Å². The molecule has 0 fully saturated rings. The van der Waals surface area contributed by atoms with Gasteiger partial charge in [0.25, 0.3) is 0 Å². The predicted molar refractivity (Wildman–Crippen MR) is 79.9 cm³/mol. The van der Waals surface area contributed by atoms with E-state index in [2.05, 4.69) is 49.1 Å². The van der Waals surface area contributed by atoms with Crippen LogP contribution in [0.1, 0.15) is 13.8 Å². The second-order valence-electron chi connectivity index (χ2n) is 4.31. The maximum atomic E-state index is 6.17. The molecule has 0 unspecified atom stereocenters. The molecule has 18 heavy (non-hydrogen) atoms. The fourth-order valence-electron chi connectivity index (χ4n) is 2.22. The van der Waals surface area contributed by atoms with Crippen molar-refractivity contribution < 1.29 is 0 Å². The summed E-state index contributed by atoms with van der Waals surface area (Å²) in [5, 5.41) is 0. The number of nitrogens with two attached hydrogens (primary N) is 1. The first-order chi connectivity index (χ1) is 8.76. The van der Waals surface area contributed by atoms with Crippen LogP contribution in [-0.2, 0) is 0 Å². The van der Waals surface area contributed by atoms with Crippen molar-refractivity contribution in [2.75, 3.05) is 23.7 Å². The average Bonchev–Trinajstić information content (AvgIpc) is 2.43. The van der Waals surface area contributed by atoms with E-state index in [0.717, 1.165) is 24.5 Å². The van der Waals surface area contributed by atoms with Crippen LogP contribution in [0.4, 0.5) is 11.4 Å². The van der Waals surface area contributed by atoms with Crippen molar-refractivity contribution in [3.63, 3.8) is 0 Å². The molecule has 0 saturated carbocycles. The summed E-state index contributed by atoms with van der Waals surface area (Å²) in [6, 6.07) is 16.6. The van der Waals surface area contributed by atoms with E-state index in [0.29, 0.717) is 0 Å². The molecule has 2 nitrogen and oxygen atoms in total. The minimum atomic E-state index is 0.847. The average molecular weight is 240 g/mol. The standard InChI is InChI=1S/C16H20N2/c1-3-18(4-2)16-11-10-14(12-15(16)17)13-8-6-5-7-9-13/h5-12H,3-4,17H2,1-2H3. The number of rotatable bonds is 4. The van der Waals surface area contributed by atoms with E-state index in [1.54, 1.807) is 0 Å². The first-order valence-corrected chi connectivity index (χ1v) is 6.46. The lowest BCUT2D eigenvalue weighted by Gasteiger charge is -2.23. The summed E-state index contributed by atoms with van der Waals surface area (Å²) < 4.78 is 0. The Kier molecular flexibility index (Phi) is 3.88. The van der Waals surface area contributed by atoms with Gasteiger partial charge in [0.1, 0.15) is 0 Å². The van der Waals surface area contributed by atoms with Crippen LogP contribution in [0.15, 0.2) is 48.5 Å². The SMILES string of the molecule is CCN(CC)c1ccc(-c2ccccc2)cc1N. The molecule has 0 radical (unpaired) electrons. The highest BCUT2D eigenvalue weighted by Gasteiger charge is 2.07. The van der Waals surface area contributed by atoms with Crippen molar-refractivity contribution in [2.24, 2.45) is 0 Å². The Hall–Kier alpha value is -1.96. The molecule has 2 N–H and O–H groups in total. The lowest BCUT2D eigenvalue weighted by molar-refractivity contribution is 0.868. The van der Waals surface area contributed by atoms with Crippen LogP contribution in [0.25, 0.3) is 11.1 Å². The van der Waals surface area contributed by atoms with Gasteiger partial charge in [0.15, 0.2) is 0 Å². The fourth-order valence-corrected chi connectivity index (χ4v) is 2.22. The molecule has 0 aromatic heterocycles. The summed E-state index contributed by atoms with van der Waals surface area (Å²) in [6.07, 6.45) is 0. The zero-order valence-electron chi connectivity index (χ0n) is 11.1. The largest absolute Gasteiger partial charge is 0.397 e. The Morgan fingerprint density at radius 2 is 1.56 bits per heavy atom. The summed E-state index contributed by atoms with van der Waals surface area (Å²) in [6.45, 7) is 6.25. The van der Waals surface area contributed by atoms with Crippen molar-refractivity contribution in [3.8, 4) is 11.1 Å². The molecule has 0 bridgehead atoms. The van der Waals surface area contributed by atoms with E-state index in [-0.39, 0.29) is 0 Å². The second-order valence-corrected chi connectivity index (χ2v) is 4.31. The van der Waals surface area contributed by atoms with E-state index >= 15 is 0 Å².